The van der Waals surface area contributed by atoms with Crippen molar-refractivity contribution in [1.29, 1.82) is 0 Å². The van der Waals surface area contributed by atoms with Crippen LogP contribution in [0.15, 0.2) is 46.9 Å². The average Bonchev–Trinajstić information content (AvgIpc) is 2.40. The maximum atomic E-state index is 10.6. The lowest BCUT2D eigenvalue weighted by atomic mass is 10.2. The van der Waals surface area contributed by atoms with Gasteiger partial charge in [0.15, 0.2) is 0 Å². The lowest BCUT2D eigenvalue weighted by Gasteiger charge is -2.07. The molecule has 20 heavy (non-hydrogen) atoms. The molecule has 0 saturated heterocycles. The Balaban J connectivity index is 1.96. The molecule has 0 aromatic heterocycles. The molecule has 1 N–H and O–H groups in total. The third kappa shape index (κ3) is 4.03. The molecule has 0 aliphatic carbocycles. The third-order valence-corrected chi connectivity index (χ3v) is 3.63. The van der Waals surface area contributed by atoms with Crippen molar-refractivity contribution in [2.24, 2.45) is 0 Å². The van der Waals surface area contributed by atoms with Crippen molar-refractivity contribution in [2.75, 3.05) is 0 Å². The van der Waals surface area contributed by atoms with Gasteiger partial charge in [-0.25, -0.2) is 0 Å². The lowest BCUT2D eigenvalue weighted by Crippen LogP contribution is -2.13. The molecule has 0 spiro atoms. The highest BCUT2D eigenvalue weighted by atomic mass is 79.9. The standard InChI is InChI=1S/C14H12BrClN2O2/c15-12-3-1-2-10(6-12)8-17-9-11-4-5-13(18(19)20)7-14(11)16/h1-7,17H,8-9H2. The van der Waals surface area contributed by atoms with Crippen LogP contribution >= 0.6 is 27.5 Å². The van der Waals surface area contributed by atoms with E-state index in [4.69, 9.17) is 11.6 Å². The number of benzene rings is 2. The minimum atomic E-state index is -0.454. The summed E-state index contributed by atoms with van der Waals surface area (Å²) in [6, 6.07) is 12.5. The third-order valence-electron chi connectivity index (χ3n) is 2.78. The van der Waals surface area contributed by atoms with Gasteiger partial charge in [-0.15, -0.1) is 0 Å². The zero-order chi connectivity index (χ0) is 14.5. The van der Waals surface area contributed by atoms with Gasteiger partial charge in [-0.1, -0.05) is 39.7 Å². The molecule has 2 aromatic rings. The summed E-state index contributed by atoms with van der Waals surface area (Å²) >= 11 is 9.45. The second-order valence-corrected chi connectivity index (χ2v) is 5.59. The van der Waals surface area contributed by atoms with Crippen molar-refractivity contribution < 1.29 is 4.92 Å². The predicted octanol–water partition coefficient (Wildman–Crippen LogP) is 4.30. The van der Waals surface area contributed by atoms with Crippen LogP contribution in [0.1, 0.15) is 11.1 Å². The molecule has 0 aliphatic rings. The van der Waals surface area contributed by atoms with Gasteiger partial charge < -0.3 is 5.32 Å². The maximum absolute atomic E-state index is 10.6. The summed E-state index contributed by atoms with van der Waals surface area (Å²) in [5.41, 5.74) is 2.00. The first kappa shape index (κ1) is 15.0. The number of nitro groups is 1. The zero-order valence-corrected chi connectivity index (χ0v) is 12.8. The average molecular weight is 356 g/mol. The molecule has 6 heteroatoms. The fourth-order valence-electron chi connectivity index (χ4n) is 1.78. The van der Waals surface area contributed by atoms with Crippen LogP contribution in [0.25, 0.3) is 0 Å². The molecule has 0 fully saturated rings. The van der Waals surface area contributed by atoms with Crippen molar-refractivity contribution in [3.8, 4) is 0 Å². The Morgan fingerprint density at radius 1 is 1.20 bits per heavy atom. The summed E-state index contributed by atoms with van der Waals surface area (Å²) in [5.74, 6) is 0. The molecule has 104 valence electrons. The summed E-state index contributed by atoms with van der Waals surface area (Å²) in [4.78, 5) is 10.2. The number of hydrogen-bond donors (Lipinski definition) is 1. The maximum Gasteiger partial charge on any atom is 0.270 e. The van der Waals surface area contributed by atoms with Gasteiger partial charge in [-0.05, 0) is 29.3 Å². The van der Waals surface area contributed by atoms with E-state index in [1.807, 2.05) is 24.3 Å². The van der Waals surface area contributed by atoms with Crippen molar-refractivity contribution in [3.05, 3.63) is 73.2 Å². The molecule has 2 aromatic carbocycles. The zero-order valence-electron chi connectivity index (χ0n) is 10.5. The van der Waals surface area contributed by atoms with Crippen molar-refractivity contribution >= 4 is 33.2 Å². The lowest BCUT2D eigenvalue weighted by molar-refractivity contribution is -0.384. The highest BCUT2D eigenvalue weighted by molar-refractivity contribution is 9.10. The number of nitro benzene ring substituents is 1. The smallest absolute Gasteiger partial charge is 0.270 e. The van der Waals surface area contributed by atoms with E-state index in [0.29, 0.717) is 18.1 Å². The Kier molecular flexibility index (Phi) is 5.11. The summed E-state index contributed by atoms with van der Waals surface area (Å²) in [7, 11) is 0. The molecule has 0 bridgehead atoms. The van der Waals surface area contributed by atoms with Crippen LogP contribution in [0.4, 0.5) is 5.69 Å². The predicted molar refractivity (Wildman–Crippen MR) is 82.8 cm³/mol. The minimum Gasteiger partial charge on any atom is -0.309 e. The normalized spacial score (nSPS) is 10.5. The first-order valence-corrected chi connectivity index (χ1v) is 7.11. The van der Waals surface area contributed by atoms with Gasteiger partial charge >= 0.3 is 0 Å². The molecule has 0 heterocycles. The molecule has 0 radical (unpaired) electrons. The molecule has 0 atom stereocenters. The van der Waals surface area contributed by atoms with E-state index < -0.39 is 4.92 Å². The van der Waals surface area contributed by atoms with Crippen LogP contribution in [0.2, 0.25) is 5.02 Å². The Hall–Kier alpha value is -1.43. The molecule has 0 aliphatic heterocycles. The van der Waals surface area contributed by atoms with Crippen LogP contribution in [0.5, 0.6) is 0 Å². The Bertz CT molecular complexity index is 634. The molecule has 0 amide bonds. The monoisotopic (exact) mass is 354 g/mol. The van der Waals surface area contributed by atoms with Gasteiger partial charge in [0.1, 0.15) is 0 Å². The molecule has 0 unspecified atom stereocenters. The molecule has 0 saturated carbocycles. The van der Waals surface area contributed by atoms with Crippen LogP contribution in [0.3, 0.4) is 0 Å². The highest BCUT2D eigenvalue weighted by Crippen LogP contribution is 2.22. The van der Waals surface area contributed by atoms with E-state index >= 15 is 0 Å². The summed E-state index contributed by atoms with van der Waals surface area (Å²) in [6.07, 6.45) is 0. The van der Waals surface area contributed by atoms with Crippen LogP contribution in [-0.4, -0.2) is 4.92 Å². The number of halogens is 2. The van der Waals surface area contributed by atoms with E-state index in [2.05, 4.69) is 21.2 Å². The molecule has 4 nitrogen and oxygen atoms in total. The topological polar surface area (TPSA) is 55.2 Å². The van der Waals surface area contributed by atoms with E-state index in [1.54, 1.807) is 6.07 Å². The largest absolute Gasteiger partial charge is 0.309 e. The van der Waals surface area contributed by atoms with E-state index in [1.165, 1.54) is 12.1 Å². The van der Waals surface area contributed by atoms with Gasteiger partial charge in [0, 0.05) is 29.7 Å². The van der Waals surface area contributed by atoms with Crippen LogP contribution < -0.4 is 5.32 Å². The first-order chi connectivity index (χ1) is 9.56. The van der Waals surface area contributed by atoms with Crippen molar-refractivity contribution in [3.63, 3.8) is 0 Å². The second-order valence-electron chi connectivity index (χ2n) is 4.27. The fourth-order valence-corrected chi connectivity index (χ4v) is 2.47. The van der Waals surface area contributed by atoms with E-state index in [0.717, 1.165) is 15.6 Å². The summed E-state index contributed by atoms with van der Waals surface area (Å²) < 4.78 is 1.03. The van der Waals surface area contributed by atoms with Gasteiger partial charge in [-0.3, -0.25) is 10.1 Å². The first-order valence-electron chi connectivity index (χ1n) is 5.94. The molecular formula is C14H12BrClN2O2. The Labute approximate surface area is 130 Å². The van der Waals surface area contributed by atoms with Gasteiger partial charge in [0.2, 0.25) is 0 Å². The van der Waals surface area contributed by atoms with Crippen LogP contribution in [-0.2, 0) is 13.1 Å². The number of nitrogens with zero attached hydrogens (tertiary/aromatic N) is 1. The number of rotatable bonds is 5. The van der Waals surface area contributed by atoms with Crippen molar-refractivity contribution in [2.45, 2.75) is 13.1 Å². The number of nitrogens with one attached hydrogen (secondary N) is 1. The summed E-state index contributed by atoms with van der Waals surface area (Å²) in [5, 5.41) is 14.3. The van der Waals surface area contributed by atoms with Crippen molar-refractivity contribution in [1.82, 2.24) is 5.32 Å². The molecule has 2 rings (SSSR count). The second kappa shape index (κ2) is 6.83. The number of non-ortho nitro benzene ring substituents is 1. The quantitative estimate of drug-likeness (QED) is 0.642. The van der Waals surface area contributed by atoms with Gasteiger partial charge in [0.25, 0.3) is 5.69 Å². The summed E-state index contributed by atoms with van der Waals surface area (Å²) in [6.45, 7) is 1.26. The minimum absolute atomic E-state index is 0.00531. The van der Waals surface area contributed by atoms with Crippen LogP contribution in [0, 0.1) is 10.1 Å². The highest BCUT2D eigenvalue weighted by Gasteiger charge is 2.08. The Morgan fingerprint density at radius 2 is 2.00 bits per heavy atom. The van der Waals surface area contributed by atoms with E-state index in [-0.39, 0.29) is 5.69 Å². The Morgan fingerprint density at radius 3 is 2.65 bits per heavy atom. The van der Waals surface area contributed by atoms with E-state index in [9.17, 15) is 10.1 Å². The SMILES string of the molecule is O=[N+]([O-])c1ccc(CNCc2cccc(Br)c2)c(Cl)c1. The van der Waals surface area contributed by atoms with Gasteiger partial charge in [0.05, 0.1) is 9.95 Å². The molecular weight excluding hydrogens is 344 g/mol. The number of hydrogen-bond acceptors (Lipinski definition) is 3. The van der Waals surface area contributed by atoms with Gasteiger partial charge in [-0.2, -0.15) is 0 Å². The fraction of sp³-hybridized carbons (Fsp3) is 0.143.